The van der Waals surface area contributed by atoms with Crippen molar-refractivity contribution in [2.45, 2.75) is 6.92 Å². The Hall–Kier alpha value is 17.5. The van der Waals surface area contributed by atoms with E-state index in [1.54, 1.807) is 0 Å². The van der Waals surface area contributed by atoms with Gasteiger partial charge in [0.1, 0.15) is 0 Å². The Morgan fingerprint density at radius 3 is 1.17 bits per heavy atom. The zero-order valence-electron chi connectivity index (χ0n) is 17.9. The zero-order valence-corrected chi connectivity index (χ0v) is 63.3. The molecule has 29 heavy (non-hydrogen) atoms. The van der Waals surface area contributed by atoms with Gasteiger partial charge in [-0.15, -0.1) is 13.1 Å². The summed E-state index contributed by atoms with van der Waals surface area (Å²) in [7, 11) is 2.02. The molecule has 0 saturated carbocycles. The van der Waals surface area contributed by atoms with Crippen molar-refractivity contribution < 1.29 is 523 Å². The van der Waals surface area contributed by atoms with Gasteiger partial charge in [0.05, 0.1) is 0 Å². The van der Waals surface area contributed by atoms with Gasteiger partial charge in [-0.25, -0.2) is 0 Å². The molecule has 0 aliphatic rings. The minimum Gasteiger partial charge on any atom is -0.689 e. The predicted molar refractivity (Wildman–Crippen MR) is 57.9 cm³/mol. The molecule has 0 aromatic rings. The van der Waals surface area contributed by atoms with E-state index in [1.165, 1.54) is 5.92 Å². The molecule has 128 valence electrons. The van der Waals surface area contributed by atoms with Gasteiger partial charge in [-0.2, -0.15) is 20.0 Å². The van der Waals surface area contributed by atoms with E-state index in [-0.39, 0.29) is 523 Å². The van der Waals surface area contributed by atoms with Crippen molar-refractivity contribution in [1.29, 1.82) is 0 Å². The Bertz CT molecular complexity index is 137. The van der Waals surface area contributed by atoms with Crippen LogP contribution >= 0.6 is 0 Å². The largest absolute Gasteiger partial charge is 0.689 e. The number of rotatable bonds is 8. The molecule has 0 saturated heterocycles. The van der Waals surface area contributed by atoms with Crippen LogP contribution < -0.4 is 0 Å². The maximum Gasteiger partial charge on any atom is 0 e. The Balaban J connectivity index is -0.00000000600. The van der Waals surface area contributed by atoms with Crippen molar-refractivity contribution in [1.82, 2.24) is 4.90 Å². The van der Waals surface area contributed by atoms with E-state index < -0.39 is 0 Å². The molecule has 16 radical (unpaired) electrons. The van der Waals surface area contributed by atoms with Crippen LogP contribution in [0, 0.1) is 5.92 Å². The molecule has 0 fully saturated rings. The van der Waals surface area contributed by atoms with Crippen LogP contribution in [0.15, 0.2) is 0 Å². The van der Waals surface area contributed by atoms with Crippen molar-refractivity contribution in [3.05, 3.63) is 22.7 Å². The van der Waals surface area contributed by atoms with E-state index in [2.05, 4.69) is 17.1 Å². The SMILES string of the molecule is C[C-](C[N-]CC[NH-])CN(C)CC[NH-].[Y].[Y].[Y].[Y].[Y].[Y].[Y].[Y].[Y].[Y].[Y].[Y].[Y].[Y].[Y].[Y]. The zero-order chi connectivity index (χ0) is 10.1. The standard InChI is InChI=1S/C9H20N4.16Y/c1-9(7-12-5-3-10)8-13(2)6-4-11;;;;;;;;;;;;;;;;/h10-11H,3-8H2,1-2H3;;;;;;;;;;;;;;;;/q-4;;;;;;;;;;;;;;;;. The molecule has 4 nitrogen and oxygen atoms in total. The molecule has 0 aliphatic heterocycles. The first-order valence-corrected chi connectivity index (χ1v) is 4.63. The topological polar surface area (TPSA) is 64.9 Å². The van der Waals surface area contributed by atoms with Crippen LogP contribution in [0.25, 0.3) is 16.8 Å². The van der Waals surface area contributed by atoms with E-state index in [4.69, 9.17) is 11.5 Å². The van der Waals surface area contributed by atoms with Crippen LogP contribution in [-0.2, 0) is 523 Å². The van der Waals surface area contributed by atoms with Crippen molar-refractivity contribution in [2.75, 3.05) is 46.3 Å². The fourth-order valence-corrected chi connectivity index (χ4v) is 1.13. The molecule has 0 atom stereocenters. The molecule has 0 unspecified atom stereocenters. The number of hydrogen-bond acceptors (Lipinski definition) is 1. The van der Waals surface area contributed by atoms with Crippen molar-refractivity contribution in [2.24, 2.45) is 0 Å². The van der Waals surface area contributed by atoms with Crippen LogP contribution in [-0.4, -0.2) is 51.2 Å². The minimum atomic E-state index is 0. The smallest absolute Gasteiger partial charge is 0 e. The third-order valence-electron chi connectivity index (χ3n) is 1.68. The summed E-state index contributed by atoms with van der Waals surface area (Å²) >= 11 is 0. The van der Waals surface area contributed by atoms with Crippen LogP contribution in [0.1, 0.15) is 6.92 Å². The summed E-state index contributed by atoms with van der Waals surface area (Å²) < 4.78 is 0. The van der Waals surface area contributed by atoms with Gasteiger partial charge in [-0.3, -0.25) is 6.54 Å². The molecule has 0 rings (SSSR count). The Kier molecular flexibility index (Phi) is 369. The number of nitrogens with zero attached hydrogens (tertiary/aromatic N) is 2. The first kappa shape index (κ1) is 111. The normalized spacial score (nSPS) is 5.17. The van der Waals surface area contributed by atoms with Crippen LogP contribution in [0.5, 0.6) is 0 Å². The molecule has 0 amide bonds. The maximum atomic E-state index is 7.05. The van der Waals surface area contributed by atoms with Crippen LogP contribution in [0.4, 0.5) is 0 Å². The predicted octanol–water partition coefficient (Wildman–Crippen LogP) is 1.95. The molecule has 0 aromatic heterocycles. The second-order valence-corrected chi connectivity index (χ2v) is 3.30. The number of likely N-dealkylation sites (N-methyl/N-ethyl adjacent to an activating group) is 1. The summed E-state index contributed by atoms with van der Waals surface area (Å²) in [6.45, 7) is 6.05. The second kappa shape index (κ2) is 96.9. The molecular weight excluding hydrogens is 1590 g/mol. The molecule has 0 heterocycles. The molecule has 20 heteroatoms. The summed E-state index contributed by atoms with van der Waals surface area (Å²) in [5, 5.41) is 4.20. The third-order valence-corrected chi connectivity index (χ3v) is 1.68. The molecule has 0 spiro atoms. The summed E-state index contributed by atoms with van der Waals surface area (Å²) in [5.74, 6) is 1.31. The van der Waals surface area contributed by atoms with Gasteiger partial charge in [0.2, 0.25) is 0 Å². The third kappa shape index (κ3) is 98.9. The minimum absolute atomic E-state index is 0. The van der Waals surface area contributed by atoms with Gasteiger partial charge in [0.25, 0.3) is 0 Å². The van der Waals surface area contributed by atoms with Gasteiger partial charge in [0, 0.05) is 523 Å². The van der Waals surface area contributed by atoms with E-state index >= 15 is 0 Å². The molecular formula is C9H20N4Y16-4. The summed E-state index contributed by atoms with van der Waals surface area (Å²) in [4.78, 5) is 2.12. The first-order valence-electron chi connectivity index (χ1n) is 4.63. The van der Waals surface area contributed by atoms with Gasteiger partial charge in [-0.05, 0) is 13.6 Å². The summed E-state index contributed by atoms with van der Waals surface area (Å²) in [5.41, 5.74) is 14.0. The Morgan fingerprint density at radius 2 is 0.931 bits per heavy atom. The quantitative estimate of drug-likeness (QED) is 0.271. The summed E-state index contributed by atoms with van der Waals surface area (Å²) in [6, 6.07) is 0. The average molecular weight is 1610 g/mol. The first-order chi connectivity index (χ1) is 6.20. The van der Waals surface area contributed by atoms with Crippen molar-refractivity contribution in [3.63, 3.8) is 0 Å². The van der Waals surface area contributed by atoms with E-state index in [9.17, 15) is 0 Å². The Labute approximate surface area is 584 Å². The Morgan fingerprint density at radius 1 is 0.621 bits per heavy atom. The van der Waals surface area contributed by atoms with Crippen LogP contribution in [0.2, 0.25) is 0 Å². The van der Waals surface area contributed by atoms with Crippen molar-refractivity contribution >= 4 is 0 Å². The average Bonchev–Trinajstić information content (AvgIpc) is 2.05. The number of hydrogen-bond donors (Lipinski definition) is 0. The van der Waals surface area contributed by atoms with Gasteiger partial charge < -0.3 is 27.6 Å². The van der Waals surface area contributed by atoms with Gasteiger partial charge in [-0.1, -0.05) is 0 Å². The van der Waals surface area contributed by atoms with Gasteiger partial charge >= 0.3 is 0 Å². The second-order valence-electron chi connectivity index (χ2n) is 3.30. The van der Waals surface area contributed by atoms with E-state index in [0.29, 0.717) is 19.6 Å². The molecule has 0 bridgehead atoms. The number of nitrogens with one attached hydrogen (secondary N) is 2. The molecule has 0 aliphatic carbocycles. The monoisotopic (exact) mass is 1610 g/mol. The maximum absolute atomic E-state index is 7.05. The van der Waals surface area contributed by atoms with Crippen LogP contribution in [0.3, 0.4) is 0 Å². The van der Waals surface area contributed by atoms with E-state index in [1.807, 2.05) is 7.05 Å². The summed E-state index contributed by atoms with van der Waals surface area (Å²) in [6.07, 6.45) is 0. The van der Waals surface area contributed by atoms with E-state index in [0.717, 1.165) is 19.6 Å². The molecule has 2 N–H and O–H groups in total. The molecule has 0 aromatic carbocycles. The van der Waals surface area contributed by atoms with Gasteiger partial charge in [0.15, 0.2) is 0 Å². The fourth-order valence-electron chi connectivity index (χ4n) is 1.13. The van der Waals surface area contributed by atoms with Crippen molar-refractivity contribution in [3.8, 4) is 0 Å². The fraction of sp³-hybridized carbons (Fsp3) is 0.889.